The molecule has 0 aliphatic heterocycles. The van der Waals surface area contributed by atoms with Crippen molar-refractivity contribution in [3.8, 4) is 22.6 Å². The molecule has 0 atom stereocenters. The molecule has 0 amide bonds. The highest BCUT2D eigenvalue weighted by Crippen LogP contribution is 2.28. The molecule has 4 rings (SSSR count). The van der Waals surface area contributed by atoms with Crippen LogP contribution in [0.2, 0.25) is 0 Å². The number of hydrogen-bond acceptors (Lipinski definition) is 6. The summed E-state index contributed by atoms with van der Waals surface area (Å²) in [6.45, 7) is 5.11. The van der Waals surface area contributed by atoms with Crippen LogP contribution < -0.4 is 0 Å². The van der Waals surface area contributed by atoms with Crippen molar-refractivity contribution in [3.05, 3.63) is 59.8 Å². The van der Waals surface area contributed by atoms with Gasteiger partial charge < -0.3 is 0 Å². The minimum absolute atomic E-state index is 0.564. The highest BCUT2D eigenvalue weighted by molar-refractivity contribution is 5.78. The van der Waals surface area contributed by atoms with Gasteiger partial charge in [-0.3, -0.25) is 4.98 Å². The van der Waals surface area contributed by atoms with Crippen molar-refractivity contribution in [3.63, 3.8) is 0 Å². The predicted molar refractivity (Wildman–Crippen MR) is 115 cm³/mol. The Morgan fingerprint density at radius 3 is 2.57 bits per heavy atom. The van der Waals surface area contributed by atoms with Crippen molar-refractivity contribution < 1.29 is 0 Å². The van der Waals surface area contributed by atoms with Gasteiger partial charge in [0.2, 0.25) is 5.82 Å². The zero-order valence-corrected chi connectivity index (χ0v) is 17.4. The van der Waals surface area contributed by atoms with Crippen molar-refractivity contribution in [2.75, 3.05) is 0 Å². The highest BCUT2D eigenvalue weighted by Gasteiger charge is 2.12. The first-order valence-electron chi connectivity index (χ1n) is 10.5. The second kappa shape index (κ2) is 9.39. The zero-order valence-electron chi connectivity index (χ0n) is 17.4. The van der Waals surface area contributed by atoms with E-state index in [1.807, 2.05) is 36.5 Å². The highest BCUT2D eigenvalue weighted by atomic mass is 15.5. The van der Waals surface area contributed by atoms with Gasteiger partial charge in [-0.1, -0.05) is 50.6 Å². The summed E-state index contributed by atoms with van der Waals surface area (Å²) in [6.07, 6.45) is 6.94. The molecule has 4 aromatic rings. The van der Waals surface area contributed by atoms with Crippen LogP contribution in [-0.4, -0.2) is 40.4 Å². The second-order valence-electron chi connectivity index (χ2n) is 7.21. The third-order valence-corrected chi connectivity index (χ3v) is 5.09. The lowest BCUT2D eigenvalue weighted by Crippen LogP contribution is -2.08. The summed E-state index contributed by atoms with van der Waals surface area (Å²) in [4.78, 5) is 9.38. The molecule has 0 aliphatic rings. The summed E-state index contributed by atoms with van der Waals surface area (Å²) in [6, 6.07) is 12.1. The second-order valence-corrected chi connectivity index (χ2v) is 7.21. The lowest BCUT2D eigenvalue weighted by Gasteiger charge is -2.08. The summed E-state index contributed by atoms with van der Waals surface area (Å²) in [7, 11) is 0. The molecule has 8 heteroatoms. The van der Waals surface area contributed by atoms with Gasteiger partial charge >= 0.3 is 0 Å². The van der Waals surface area contributed by atoms with Gasteiger partial charge in [0.25, 0.3) is 0 Å². The Bertz CT molecular complexity index is 1070. The topological polar surface area (TPSA) is 98.1 Å². The third kappa shape index (κ3) is 4.42. The Morgan fingerprint density at radius 1 is 1.00 bits per heavy atom. The molecular formula is C22H26N8. The molecular weight excluding hydrogens is 376 g/mol. The van der Waals surface area contributed by atoms with Crippen LogP contribution in [-0.2, 0) is 25.8 Å². The maximum Gasteiger partial charge on any atom is 0.205 e. The van der Waals surface area contributed by atoms with Gasteiger partial charge in [-0.25, -0.2) is 9.67 Å². The minimum atomic E-state index is 0.564. The Morgan fingerprint density at radius 2 is 1.87 bits per heavy atom. The van der Waals surface area contributed by atoms with Gasteiger partial charge in [-0.05, 0) is 29.7 Å². The SMILES string of the molecule is CCCCc1nc(CC)nn1CCc1ccc(-c2ccccc2-c2nn[nH]n2)nc1. The number of aryl methyl sites for hydroxylation is 4. The van der Waals surface area contributed by atoms with Crippen molar-refractivity contribution in [2.45, 2.75) is 52.5 Å². The van der Waals surface area contributed by atoms with Gasteiger partial charge in [-0.15, -0.1) is 10.2 Å². The van der Waals surface area contributed by atoms with Crippen LogP contribution in [0.5, 0.6) is 0 Å². The quantitative estimate of drug-likeness (QED) is 0.459. The number of nitrogens with zero attached hydrogens (tertiary/aromatic N) is 7. The molecule has 30 heavy (non-hydrogen) atoms. The van der Waals surface area contributed by atoms with Crippen LogP contribution in [0.4, 0.5) is 0 Å². The van der Waals surface area contributed by atoms with E-state index in [2.05, 4.69) is 55.3 Å². The van der Waals surface area contributed by atoms with E-state index in [1.54, 1.807) is 0 Å². The molecule has 1 N–H and O–H groups in total. The smallest absolute Gasteiger partial charge is 0.205 e. The number of hydrogen-bond donors (Lipinski definition) is 1. The van der Waals surface area contributed by atoms with E-state index < -0.39 is 0 Å². The molecule has 3 heterocycles. The van der Waals surface area contributed by atoms with E-state index in [-0.39, 0.29) is 0 Å². The number of unbranched alkanes of at least 4 members (excludes halogenated alkanes) is 1. The molecule has 0 saturated heterocycles. The standard InChI is InChI=1S/C22H26N8/c1-3-5-10-21-24-20(4-2)27-30(21)14-13-16-11-12-19(23-15-16)17-8-6-7-9-18(17)22-25-28-29-26-22/h6-9,11-12,15H,3-5,10,13-14H2,1-2H3,(H,25,26,28,29). The summed E-state index contributed by atoms with van der Waals surface area (Å²) in [5.74, 6) is 2.58. The van der Waals surface area contributed by atoms with E-state index in [0.717, 1.165) is 67.1 Å². The van der Waals surface area contributed by atoms with Gasteiger partial charge in [-0.2, -0.15) is 10.3 Å². The zero-order chi connectivity index (χ0) is 20.8. The van der Waals surface area contributed by atoms with Crippen molar-refractivity contribution in [2.24, 2.45) is 0 Å². The molecule has 0 saturated carbocycles. The van der Waals surface area contributed by atoms with Crippen LogP contribution in [0.1, 0.15) is 43.9 Å². The Hall–Kier alpha value is -3.42. The van der Waals surface area contributed by atoms with E-state index in [4.69, 9.17) is 4.98 Å². The lowest BCUT2D eigenvalue weighted by atomic mass is 10.0. The number of tetrazole rings is 1. The molecule has 8 nitrogen and oxygen atoms in total. The lowest BCUT2D eigenvalue weighted by molar-refractivity contribution is 0.565. The number of benzene rings is 1. The Labute approximate surface area is 175 Å². The summed E-state index contributed by atoms with van der Waals surface area (Å²) in [5.41, 5.74) is 3.94. The Kier molecular flexibility index (Phi) is 6.22. The number of rotatable bonds is 9. The van der Waals surface area contributed by atoms with Gasteiger partial charge in [0.05, 0.1) is 5.69 Å². The monoisotopic (exact) mass is 402 g/mol. The van der Waals surface area contributed by atoms with Gasteiger partial charge in [0.1, 0.15) is 5.82 Å². The molecule has 154 valence electrons. The van der Waals surface area contributed by atoms with Gasteiger partial charge in [0.15, 0.2) is 5.82 Å². The molecule has 0 bridgehead atoms. The molecule has 0 radical (unpaired) electrons. The predicted octanol–water partition coefficient (Wildman–Crippen LogP) is 3.67. The molecule has 0 spiro atoms. The number of H-pyrrole nitrogens is 1. The summed E-state index contributed by atoms with van der Waals surface area (Å²) in [5, 5.41) is 19.0. The maximum absolute atomic E-state index is 4.69. The fraction of sp³-hybridized carbons (Fsp3) is 0.364. The first-order valence-corrected chi connectivity index (χ1v) is 10.5. The maximum atomic E-state index is 4.69. The average Bonchev–Trinajstić information content (AvgIpc) is 3.47. The van der Waals surface area contributed by atoms with Gasteiger partial charge in [0, 0.05) is 36.7 Å². The van der Waals surface area contributed by atoms with Crippen LogP contribution in [0.3, 0.4) is 0 Å². The van der Waals surface area contributed by atoms with E-state index in [9.17, 15) is 0 Å². The number of nitrogens with one attached hydrogen (secondary N) is 1. The van der Waals surface area contributed by atoms with Crippen LogP contribution in [0.15, 0.2) is 42.6 Å². The Balaban J connectivity index is 1.49. The third-order valence-electron chi connectivity index (χ3n) is 5.09. The fourth-order valence-electron chi connectivity index (χ4n) is 3.42. The van der Waals surface area contributed by atoms with Crippen molar-refractivity contribution in [1.29, 1.82) is 0 Å². The summed E-state index contributed by atoms with van der Waals surface area (Å²) < 4.78 is 2.06. The minimum Gasteiger partial charge on any atom is -0.256 e. The molecule has 0 fully saturated rings. The normalized spacial score (nSPS) is 11.1. The summed E-state index contributed by atoms with van der Waals surface area (Å²) >= 11 is 0. The van der Waals surface area contributed by atoms with Crippen molar-refractivity contribution in [1.82, 2.24) is 40.4 Å². The molecule has 1 aromatic carbocycles. The van der Waals surface area contributed by atoms with E-state index in [1.165, 1.54) is 5.56 Å². The first-order chi connectivity index (χ1) is 14.8. The van der Waals surface area contributed by atoms with Crippen molar-refractivity contribution >= 4 is 0 Å². The molecule has 3 aromatic heterocycles. The van der Waals surface area contributed by atoms with E-state index >= 15 is 0 Å². The van der Waals surface area contributed by atoms with E-state index in [0.29, 0.717) is 5.82 Å². The first kappa shape index (κ1) is 19.9. The van der Waals surface area contributed by atoms with Crippen LogP contribution >= 0.6 is 0 Å². The number of aromatic amines is 1. The largest absolute Gasteiger partial charge is 0.256 e. The number of aromatic nitrogens is 8. The average molecular weight is 403 g/mol. The molecule has 0 aliphatic carbocycles. The number of pyridine rings is 1. The molecule has 0 unspecified atom stereocenters. The fourth-order valence-corrected chi connectivity index (χ4v) is 3.42. The van der Waals surface area contributed by atoms with Crippen LogP contribution in [0, 0.1) is 0 Å². The van der Waals surface area contributed by atoms with Crippen LogP contribution in [0.25, 0.3) is 22.6 Å².